The highest BCUT2D eigenvalue weighted by Crippen LogP contribution is 2.43. The first-order valence-corrected chi connectivity index (χ1v) is 24.7. The van der Waals surface area contributed by atoms with Crippen molar-refractivity contribution in [3.63, 3.8) is 0 Å². The van der Waals surface area contributed by atoms with Crippen molar-refractivity contribution in [3.8, 4) is 6.07 Å². The number of nitrogens with zero attached hydrogens (tertiary/aromatic N) is 7. The van der Waals surface area contributed by atoms with Crippen molar-refractivity contribution in [2.75, 3.05) is 5.32 Å². The summed E-state index contributed by atoms with van der Waals surface area (Å²) in [4.78, 5) is 78.8. The van der Waals surface area contributed by atoms with E-state index in [1.807, 2.05) is 91.0 Å². The standard InChI is InChI=1S/C59H45Cl2N11O4/c60-50-26-20-40(30-48(50)52(73)66-33-39-18-16-38(32-62)17-19-39)36-71-54(75)58(69-56(71)63,42-10-4-1-5-11-42)45-22-24-46(25-23-45)68-57-70-59(43-12-6-2-7-13-43,44-14-8-3-9-15-44)55(76)72(57)37-41-21-27-51(61)49(31-41)53(74)67-35-47-34-64-28-29-65-47/h1-31,34H,33,35-37H2,(H2,63,69)(H,66,73)(H,67,74)(H,68,70). The molecule has 0 bridgehead atoms. The molecule has 2 aliphatic rings. The number of nitriles is 1. The van der Waals surface area contributed by atoms with Gasteiger partial charge in [-0.2, -0.15) is 5.26 Å². The van der Waals surface area contributed by atoms with Gasteiger partial charge >= 0.3 is 0 Å². The second-order valence-electron chi connectivity index (χ2n) is 17.9. The zero-order valence-electron chi connectivity index (χ0n) is 40.4. The summed E-state index contributed by atoms with van der Waals surface area (Å²) in [6.07, 6.45) is 4.65. The minimum atomic E-state index is -1.60. The molecular weight excluding hydrogens is 998 g/mol. The van der Waals surface area contributed by atoms with Crippen LogP contribution in [0.1, 0.15) is 70.9 Å². The smallest absolute Gasteiger partial charge is 0.266 e. The van der Waals surface area contributed by atoms with Crippen LogP contribution in [0.5, 0.6) is 0 Å². The molecule has 76 heavy (non-hydrogen) atoms. The van der Waals surface area contributed by atoms with E-state index in [-0.39, 0.29) is 65.2 Å². The number of benzene rings is 7. The van der Waals surface area contributed by atoms with Crippen molar-refractivity contribution in [1.29, 1.82) is 5.26 Å². The number of halogens is 2. The first kappa shape index (κ1) is 50.1. The number of hydrogen-bond acceptors (Lipinski definition) is 11. The van der Waals surface area contributed by atoms with E-state index >= 15 is 9.59 Å². The molecular formula is C59H45Cl2N11O4. The number of carbonyl (C=O) groups excluding carboxylic acids is 4. The van der Waals surface area contributed by atoms with Gasteiger partial charge < -0.3 is 21.7 Å². The Labute approximate surface area is 447 Å². The monoisotopic (exact) mass is 1040 g/mol. The molecule has 17 heteroatoms. The number of aromatic nitrogens is 2. The third kappa shape index (κ3) is 9.85. The van der Waals surface area contributed by atoms with Gasteiger partial charge in [-0.05, 0) is 87.5 Å². The van der Waals surface area contributed by atoms with E-state index in [4.69, 9.17) is 44.2 Å². The fourth-order valence-electron chi connectivity index (χ4n) is 9.30. The first-order valence-electron chi connectivity index (χ1n) is 24.0. The molecule has 2 aliphatic heterocycles. The van der Waals surface area contributed by atoms with Gasteiger partial charge in [0.05, 0.1) is 64.3 Å². The number of anilines is 1. The molecule has 1 atom stereocenters. The highest BCUT2D eigenvalue weighted by atomic mass is 35.5. The molecule has 1 unspecified atom stereocenters. The maximum Gasteiger partial charge on any atom is 0.266 e. The molecule has 5 N–H and O–H groups in total. The summed E-state index contributed by atoms with van der Waals surface area (Å²) in [6.45, 7) is 0.309. The molecule has 0 aliphatic carbocycles. The summed E-state index contributed by atoms with van der Waals surface area (Å²) < 4.78 is 0. The number of hydrogen-bond donors (Lipinski definition) is 4. The van der Waals surface area contributed by atoms with E-state index in [9.17, 15) is 9.59 Å². The number of aliphatic imine (C=N–C) groups is 2. The molecule has 0 saturated carbocycles. The van der Waals surface area contributed by atoms with E-state index in [1.165, 1.54) is 4.90 Å². The lowest BCUT2D eigenvalue weighted by Gasteiger charge is -2.28. The average Bonchev–Trinajstić information content (AvgIpc) is 3.99. The van der Waals surface area contributed by atoms with Gasteiger partial charge in [0.25, 0.3) is 23.6 Å². The minimum absolute atomic E-state index is 0.000387. The number of nitrogens with one attached hydrogen (secondary N) is 3. The van der Waals surface area contributed by atoms with Gasteiger partial charge in [0.1, 0.15) is 0 Å². The highest BCUT2D eigenvalue weighted by molar-refractivity contribution is 6.34. The van der Waals surface area contributed by atoms with Gasteiger partial charge in [0, 0.05) is 24.6 Å². The Morgan fingerprint density at radius 3 is 1.59 bits per heavy atom. The summed E-state index contributed by atoms with van der Waals surface area (Å²) in [6, 6.07) is 53.8. The maximum absolute atomic E-state index is 15.4. The van der Waals surface area contributed by atoms with Crippen LogP contribution in [0.25, 0.3) is 0 Å². The van der Waals surface area contributed by atoms with Gasteiger partial charge in [-0.15, -0.1) is 0 Å². The van der Waals surface area contributed by atoms with Gasteiger partial charge in [0.2, 0.25) is 5.96 Å². The van der Waals surface area contributed by atoms with E-state index in [2.05, 4.69) is 32.0 Å². The van der Waals surface area contributed by atoms with E-state index < -0.39 is 28.8 Å². The van der Waals surface area contributed by atoms with Crippen LogP contribution in [0.3, 0.4) is 0 Å². The normalized spacial score (nSPS) is 15.6. The number of amides is 4. The number of nitrogens with two attached hydrogens (primary N) is 1. The maximum atomic E-state index is 15.4. The van der Waals surface area contributed by atoms with E-state index in [0.717, 1.165) is 5.56 Å². The third-order valence-electron chi connectivity index (χ3n) is 13.1. The lowest BCUT2D eigenvalue weighted by atomic mass is 9.82. The lowest BCUT2D eigenvalue weighted by molar-refractivity contribution is -0.131. The molecule has 0 saturated heterocycles. The van der Waals surface area contributed by atoms with Crippen molar-refractivity contribution >= 4 is 64.4 Å². The average molecular weight is 1040 g/mol. The molecule has 7 aromatic carbocycles. The van der Waals surface area contributed by atoms with E-state index in [0.29, 0.717) is 50.3 Å². The van der Waals surface area contributed by atoms with Crippen molar-refractivity contribution in [3.05, 3.63) is 266 Å². The van der Waals surface area contributed by atoms with Crippen LogP contribution in [0, 0.1) is 11.3 Å². The highest BCUT2D eigenvalue weighted by Gasteiger charge is 2.52. The van der Waals surface area contributed by atoms with Crippen LogP contribution in [0.15, 0.2) is 204 Å². The fourth-order valence-corrected chi connectivity index (χ4v) is 9.70. The molecule has 10 rings (SSSR count). The molecule has 0 fully saturated rings. The van der Waals surface area contributed by atoms with Gasteiger partial charge in [-0.1, -0.05) is 151 Å². The van der Waals surface area contributed by atoms with Crippen LogP contribution in [0.4, 0.5) is 5.69 Å². The Balaban J connectivity index is 0.949. The second kappa shape index (κ2) is 21.5. The molecule has 3 heterocycles. The van der Waals surface area contributed by atoms with Crippen molar-refractivity contribution in [2.45, 2.75) is 37.3 Å². The largest absolute Gasteiger partial charge is 0.369 e. The Morgan fingerprint density at radius 1 is 0.579 bits per heavy atom. The zero-order valence-corrected chi connectivity index (χ0v) is 41.9. The van der Waals surface area contributed by atoms with Gasteiger partial charge in [-0.25, -0.2) is 9.98 Å². The molecule has 15 nitrogen and oxygen atoms in total. The predicted octanol–water partition coefficient (Wildman–Crippen LogP) is 8.87. The lowest BCUT2D eigenvalue weighted by Crippen LogP contribution is -2.43. The summed E-state index contributed by atoms with van der Waals surface area (Å²) >= 11 is 13.2. The molecule has 1 aromatic heterocycles. The quantitative estimate of drug-likeness (QED) is 0.0771. The Morgan fingerprint density at radius 2 is 1.07 bits per heavy atom. The van der Waals surface area contributed by atoms with E-state index in [1.54, 1.807) is 108 Å². The summed E-state index contributed by atoms with van der Waals surface area (Å²) in [5.41, 5.74) is 9.96. The zero-order chi connectivity index (χ0) is 52.8. The predicted molar refractivity (Wildman–Crippen MR) is 290 cm³/mol. The number of guanidine groups is 2. The first-order chi connectivity index (χ1) is 37.0. The molecule has 0 spiro atoms. The topological polar surface area (TPSA) is 211 Å². The Hall–Kier alpha value is -9.49. The third-order valence-corrected chi connectivity index (χ3v) is 13.8. The minimum Gasteiger partial charge on any atom is -0.369 e. The van der Waals surface area contributed by atoms with Gasteiger partial charge in [0.15, 0.2) is 17.0 Å². The van der Waals surface area contributed by atoms with Crippen LogP contribution < -0.4 is 21.7 Å². The summed E-state index contributed by atoms with van der Waals surface area (Å²) in [5, 5.41) is 18.8. The fraction of sp³-hybridized carbons (Fsp3) is 0.102. The van der Waals surface area contributed by atoms with Crippen LogP contribution in [0.2, 0.25) is 10.0 Å². The Kier molecular flexibility index (Phi) is 14.2. The van der Waals surface area contributed by atoms with Crippen LogP contribution in [-0.4, -0.2) is 55.3 Å². The summed E-state index contributed by atoms with van der Waals surface area (Å²) in [7, 11) is 0. The SMILES string of the molecule is N#Cc1ccc(CNC(=O)c2cc(CN3C(=O)C(c4ccccc4)(c4ccc(NC5=NC(c6ccccc6)(c6ccccc6)C(=O)N5Cc5ccc(Cl)c(C(=O)NCc6cnccn6)c5)cc4)N=C3N)ccc2Cl)cc1. The summed E-state index contributed by atoms with van der Waals surface area (Å²) in [5.74, 6) is -1.42. The van der Waals surface area contributed by atoms with Crippen molar-refractivity contribution < 1.29 is 19.2 Å². The molecule has 4 amide bonds. The van der Waals surface area contributed by atoms with Crippen molar-refractivity contribution in [1.82, 2.24) is 30.4 Å². The second-order valence-corrected chi connectivity index (χ2v) is 18.7. The number of carbonyl (C=O) groups is 4. The van der Waals surface area contributed by atoms with Crippen LogP contribution >= 0.6 is 23.2 Å². The number of rotatable bonds is 15. The Bertz CT molecular complexity index is 3560. The molecule has 8 aromatic rings. The molecule has 0 radical (unpaired) electrons. The molecule has 374 valence electrons. The van der Waals surface area contributed by atoms with Crippen LogP contribution in [-0.2, 0) is 46.8 Å². The van der Waals surface area contributed by atoms with Gasteiger partial charge in [-0.3, -0.25) is 38.9 Å². The van der Waals surface area contributed by atoms with Crippen molar-refractivity contribution in [2.24, 2.45) is 15.7 Å².